The highest BCUT2D eigenvalue weighted by molar-refractivity contribution is 7.86. The van der Waals surface area contributed by atoms with Gasteiger partial charge >= 0.3 is 0 Å². The Balaban J connectivity index is 1.67. The van der Waals surface area contributed by atoms with Gasteiger partial charge in [0.25, 0.3) is 10.1 Å². The maximum Gasteiger partial charge on any atom is 0.296 e. The minimum atomic E-state index is -4.74. The zero-order valence-corrected chi connectivity index (χ0v) is 23.1. The van der Waals surface area contributed by atoms with E-state index in [4.69, 9.17) is 10.5 Å². The number of rotatable bonds is 10. The van der Waals surface area contributed by atoms with Crippen LogP contribution in [0.5, 0.6) is 11.5 Å². The summed E-state index contributed by atoms with van der Waals surface area (Å²) in [6.07, 6.45) is 0. The molecule has 0 fully saturated rings. The standard InChI is InChI=1S/C28H30N6O5S/c1-4-34(5-2)22-12-9-20(10-13-22)30-31-21-11-14-24(25(17-21)39-6-3)32-33-27-26(40(36,37)38)15-18-7-8-19(29)16-23(18)28(27)35/h7-17,35H,4-6,29H2,1-3H3,(H,36,37,38). The largest absolute Gasteiger partial charge is 0.505 e. The normalized spacial score (nSPS) is 12.0. The Labute approximate surface area is 232 Å². The average Bonchev–Trinajstić information content (AvgIpc) is 2.93. The van der Waals surface area contributed by atoms with E-state index in [1.807, 2.05) is 24.3 Å². The summed E-state index contributed by atoms with van der Waals surface area (Å²) >= 11 is 0. The first-order valence-corrected chi connectivity index (χ1v) is 14.1. The molecule has 0 aliphatic heterocycles. The number of anilines is 2. The van der Waals surface area contributed by atoms with Crippen molar-refractivity contribution in [3.05, 3.63) is 66.7 Å². The van der Waals surface area contributed by atoms with Crippen LogP contribution in [-0.4, -0.2) is 37.8 Å². The number of nitrogens with two attached hydrogens (primary N) is 1. The van der Waals surface area contributed by atoms with E-state index in [2.05, 4.69) is 39.2 Å². The molecule has 0 saturated heterocycles. The molecule has 0 spiro atoms. The summed E-state index contributed by atoms with van der Waals surface area (Å²) in [5.74, 6) is -0.172. The summed E-state index contributed by atoms with van der Waals surface area (Å²) in [7, 11) is -4.74. The molecule has 0 aliphatic rings. The second kappa shape index (κ2) is 12.1. The number of nitrogens with zero attached hydrogens (tertiary/aromatic N) is 5. The van der Waals surface area contributed by atoms with Crippen LogP contribution in [0.15, 0.2) is 92.1 Å². The number of nitrogen functional groups attached to an aromatic ring is 1. The van der Waals surface area contributed by atoms with Crippen molar-refractivity contribution in [2.24, 2.45) is 20.5 Å². The quantitative estimate of drug-likeness (QED) is 0.103. The van der Waals surface area contributed by atoms with E-state index in [1.165, 1.54) is 18.2 Å². The maximum absolute atomic E-state index is 12.1. The van der Waals surface area contributed by atoms with Gasteiger partial charge in [0.05, 0.1) is 18.0 Å². The molecule has 0 heterocycles. The molecule has 0 radical (unpaired) electrons. The molecule has 4 aromatic rings. The predicted molar refractivity (Wildman–Crippen MR) is 156 cm³/mol. The summed E-state index contributed by atoms with van der Waals surface area (Å²) in [5, 5.41) is 28.1. The van der Waals surface area contributed by atoms with Crippen molar-refractivity contribution < 1.29 is 22.8 Å². The lowest BCUT2D eigenvalue weighted by Gasteiger charge is -2.20. The number of aromatic hydroxyl groups is 1. The van der Waals surface area contributed by atoms with Gasteiger partial charge in [0.1, 0.15) is 22.0 Å². The minimum Gasteiger partial charge on any atom is -0.505 e. The summed E-state index contributed by atoms with van der Waals surface area (Å²) < 4.78 is 39.6. The Bertz CT molecular complexity index is 1680. The summed E-state index contributed by atoms with van der Waals surface area (Å²) in [4.78, 5) is 1.63. The molecular weight excluding hydrogens is 532 g/mol. The number of hydrogen-bond donors (Lipinski definition) is 3. The SMILES string of the molecule is CCOc1cc(N=Nc2ccc(N(CC)CC)cc2)ccc1N=Nc1c(S(=O)(=O)O)cc2ccc(N)cc2c1O. The van der Waals surface area contributed by atoms with Crippen molar-refractivity contribution in [3.63, 3.8) is 0 Å². The molecule has 4 aromatic carbocycles. The van der Waals surface area contributed by atoms with Gasteiger partial charge in [-0.15, -0.1) is 10.2 Å². The lowest BCUT2D eigenvalue weighted by atomic mass is 10.1. The molecule has 11 nitrogen and oxygen atoms in total. The molecule has 0 aliphatic carbocycles. The lowest BCUT2D eigenvalue weighted by molar-refractivity contribution is 0.341. The van der Waals surface area contributed by atoms with Crippen LogP contribution in [0.2, 0.25) is 0 Å². The van der Waals surface area contributed by atoms with Gasteiger partial charge in [0.2, 0.25) is 0 Å². The van der Waals surface area contributed by atoms with Crippen molar-refractivity contribution in [2.45, 2.75) is 25.7 Å². The summed E-state index contributed by atoms with van der Waals surface area (Å²) in [6.45, 7) is 8.13. The number of ether oxygens (including phenoxy) is 1. The fourth-order valence-electron chi connectivity index (χ4n) is 4.11. The van der Waals surface area contributed by atoms with E-state index in [-0.39, 0.29) is 11.1 Å². The Morgan fingerprint density at radius 1 is 0.850 bits per heavy atom. The number of phenolic OH excluding ortho intramolecular Hbond substituents is 1. The topological polar surface area (TPSA) is 163 Å². The van der Waals surface area contributed by atoms with Crippen LogP contribution in [0.1, 0.15) is 20.8 Å². The fourth-order valence-corrected chi connectivity index (χ4v) is 4.77. The molecule has 4 rings (SSSR count). The second-order valence-corrected chi connectivity index (χ2v) is 10.1. The Hall–Kier alpha value is -4.55. The van der Waals surface area contributed by atoms with Gasteiger partial charge in [-0.3, -0.25) is 4.55 Å². The third kappa shape index (κ3) is 6.35. The molecule has 0 bridgehead atoms. The van der Waals surface area contributed by atoms with E-state index >= 15 is 0 Å². The third-order valence-corrected chi connectivity index (χ3v) is 6.98. The molecule has 0 aromatic heterocycles. The van der Waals surface area contributed by atoms with Crippen molar-refractivity contribution >= 4 is 55.0 Å². The first-order valence-electron chi connectivity index (χ1n) is 12.6. The fraction of sp³-hybridized carbons (Fsp3) is 0.214. The molecule has 4 N–H and O–H groups in total. The van der Waals surface area contributed by atoms with Gasteiger partial charge in [0.15, 0.2) is 5.75 Å². The Kier molecular flexibility index (Phi) is 8.61. The first-order chi connectivity index (χ1) is 19.1. The van der Waals surface area contributed by atoms with Gasteiger partial charge in [-0.25, -0.2) is 0 Å². The summed E-state index contributed by atoms with van der Waals surface area (Å²) in [5.41, 5.74) is 8.28. The molecule has 0 amide bonds. The van der Waals surface area contributed by atoms with E-state index in [1.54, 1.807) is 31.2 Å². The van der Waals surface area contributed by atoms with Crippen LogP contribution in [0.25, 0.3) is 10.8 Å². The highest BCUT2D eigenvalue weighted by Gasteiger charge is 2.22. The van der Waals surface area contributed by atoms with Crippen LogP contribution >= 0.6 is 0 Å². The molecule has 208 valence electrons. The van der Waals surface area contributed by atoms with Crippen molar-refractivity contribution in [1.82, 2.24) is 0 Å². The highest BCUT2D eigenvalue weighted by atomic mass is 32.2. The van der Waals surface area contributed by atoms with E-state index in [0.717, 1.165) is 18.8 Å². The zero-order chi connectivity index (χ0) is 28.9. The van der Waals surface area contributed by atoms with Crippen LogP contribution in [0, 0.1) is 0 Å². The second-order valence-electron chi connectivity index (χ2n) is 8.70. The van der Waals surface area contributed by atoms with E-state index in [9.17, 15) is 18.1 Å². The smallest absolute Gasteiger partial charge is 0.296 e. The van der Waals surface area contributed by atoms with Crippen LogP contribution in [0.3, 0.4) is 0 Å². The molecule has 0 atom stereocenters. The number of azo groups is 2. The first kappa shape index (κ1) is 28.5. The van der Waals surface area contributed by atoms with Gasteiger partial charge in [-0.1, -0.05) is 6.07 Å². The van der Waals surface area contributed by atoms with Gasteiger partial charge in [0, 0.05) is 35.9 Å². The van der Waals surface area contributed by atoms with Gasteiger partial charge in [-0.05, 0) is 80.8 Å². The number of fused-ring (bicyclic) bond motifs is 1. The van der Waals surface area contributed by atoms with Gasteiger partial charge < -0.3 is 20.5 Å². The Morgan fingerprint density at radius 2 is 1.52 bits per heavy atom. The molecule has 40 heavy (non-hydrogen) atoms. The molecule has 12 heteroatoms. The predicted octanol–water partition coefficient (Wildman–Crippen LogP) is 7.45. The molecule has 0 unspecified atom stereocenters. The van der Waals surface area contributed by atoms with Crippen molar-refractivity contribution in [1.29, 1.82) is 0 Å². The third-order valence-electron chi connectivity index (χ3n) is 6.11. The Morgan fingerprint density at radius 3 is 2.17 bits per heavy atom. The zero-order valence-electron chi connectivity index (χ0n) is 22.3. The number of benzene rings is 4. The highest BCUT2D eigenvalue weighted by Crippen LogP contribution is 2.43. The maximum atomic E-state index is 12.1. The monoisotopic (exact) mass is 562 g/mol. The number of phenols is 1. The molecule has 0 saturated carbocycles. The van der Waals surface area contributed by atoms with Crippen LogP contribution < -0.4 is 15.4 Å². The summed E-state index contributed by atoms with van der Waals surface area (Å²) in [6, 6.07) is 18.4. The minimum absolute atomic E-state index is 0.248. The molecular formula is C28H30N6O5S. The van der Waals surface area contributed by atoms with Crippen molar-refractivity contribution in [2.75, 3.05) is 30.3 Å². The average molecular weight is 563 g/mol. The van der Waals surface area contributed by atoms with Crippen molar-refractivity contribution in [3.8, 4) is 11.5 Å². The van der Waals surface area contributed by atoms with Crippen LogP contribution in [-0.2, 0) is 10.1 Å². The van der Waals surface area contributed by atoms with Crippen LogP contribution in [0.4, 0.5) is 34.1 Å². The van der Waals surface area contributed by atoms with E-state index in [0.29, 0.717) is 34.8 Å². The number of hydrogen-bond acceptors (Lipinski definition) is 10. The lowest BCUT2D eigenvalue weighted by Crippen LogP contribution is -2.21. The van der Waals surface area contributed by atoms with Gasteiger partial charge in [-0.2, -0.15) is 18.6 Å². The van der Waals surface area contributed by atoms with E-state index < -0.39 is 26.5 Å².